The van der Waals surface area contributed by atoms with E-state index in [1.807, 2.05) is 11.8 Å². The second-order valence-corrected chi connectivity index (χ2v) is 12.0. The van der Waals surface area contributed by atoms with Gasteiger partial charge in [-0.2, -0.15) is 11.8 Å². The topological polar surface area (TPSA) is 99.3 Å². The molecule has 4 N–H and O–H groups in total. The van der Waals surface area contributed by atoms with Gasteiger partial charge in [-0.05, 0) is 43.4 Å². The average Bonchev–Trinajstić information content (AvgIpc) is 3.24. The van der Waals surface area contributed by atoms with Gasteiger partial charge in [0.1, 0.15) is 0 Å². The Morgan fingerprint density at radius 1 is 1.06 bits per heavy atom. The van der Waals surface area contributed by atoms with Crippen molar-refractivity contribution in [2.75, 3.05) is 18.8 Å². The molecule has 4 amide bonds. The number of hydrogen-bond acceptors (Lipinski definition) is 4. The highest BCUT2D eigenvalue weighted by molar-refractivity contribution is 8.00. The minimum Gasteiger partial charge on any atom is -0.356 e. The monoisotopic (exact) mass is 468 g/mol. The highest BCUT2D eigenvalue weighted by Gasteiger charge is 2.42. The number of nitrogens with one attached hydrogen (secondary N) is 4. The summed E-state index contributed by atoms with van der Waals surface area (Å²) in [6, 6.07) is 0.458. The first-order valence-corrected chi connectivity index (χ1v) is 13.4. The highest BCUT2D eigenvalue weighted by atomic mass is 32.2. The van der Waals surface area contributed by atoms with Crippen molar-refractivity contribution in [1.29, 1.82) is 0 Å². The molecule has 2 aliphatic heterocycles. The number of carbonyl (C=O) groups is 3. The van der Waals surface area contributed by atoms with E-state index in [2.05, 4.69) is 55.9 Å². The fourth-order valence-corrected chi connectivity index (χ4v) is 6.04. The van der Waals surface area contributed by atoms with Crippen molar-refractivity contribution in [2.24, 2.45) is 17.3 Å². The Morgan fingerprint density at radius 3 is 2.41 bits per heavy atom. The molecular formula is C24H44N4O3S. The number of fused-ring (bicyclic) bond motifs is 1. The van der Waals surface area contributed by atoms with E-state index in [4.69, 9.17) is 0 Å². The number of rotatable bonds is 13. The normalized spacial score (nSPS) is 23.4. The van der Waals surface area contributed by atoms with E-state index in [9.17, 15) is 14.4 Å². The zero-order chi connectivity index (χ0) is 23.7. The zero-order valence-electron chi connectivity index (χ0n) is 20.6. The van der Waals surface area contributed by atoms with Gasteiger partial charge in [0.05, 0.1) is 12.1 Å². The minimum absolute atomic E-state index is 0.0249. The summed E-state index contributed by atoms with van der Waals surface area (Å²) in [5.41, 5.74) is -0.0393. The second kappa shape index (κ2) is 12.7. The van der Waals surface area contributed by atoms with Gasteiger partial charge >= 0.3 is 6.03 Å². The molecule has 32 heavy (non-hydrogen) atoms. The molecular weight excluding hydrogens is 424 g/mol. The summed E-state index contributed by atoms with van der Waals surface area (Å²) in [6.07, 6.45) is 6.10. The van der Waals surface area contributed by atoms with Crippen molar-refractivity contribution in [3.8, 4) is 0 Å². The Balaban J connectivity index is 1.49. The van der Waals surface area contributed by atoms with Gasteiger partial charge in [-0.1, -0.05) is 41.0 Å². The van der Waals surface area contributed by atoms with Gasteiger partial charge < -0.3 is 21.3 Å². The quantitative estimate of drug-likeness (QED) is 0.246. The SMILES string of the molecule is CC(C)C[C@@H](C(=O)NCCCCNC(=O)CCCC[C@@H]1SC[C@@H]2NC(=O)N[C@@H]21)C(C)(C)C. The van der Waals surface area contributed by atoms with Crippen LogP contribution in [0, 0.1) is 17.3 Å². The standard InChI is InChI=1S/C24H44N4O3S/c1-16(2)14-17(24(3,4)5)22(30)26-13-9-8-12-25-20(29)11-7-6-10-19-21-18(15-32-19)27-23(31)28-21/h16-19,21H,6-15H2,1-5H3,(H,25,29)(H,26,30)(H2,27,28,31)/t17-,18-,19-,21-/m0/s1. The summed E-state index contributed by atoms with van der Waals surface area (Å²) in [4.78, 5) is 36.1. The summed E-state index contributed by atoms with van der Waals surface area (Å²) < 4.78 is 0. The van der Waals surface area contributed by atoms with E-state index in [0.29, 0.717) is 30.7 Å². The number of thioether (sulfide) groups is 1. The van der Waals surface area contributed by atoms with Crippen molar-refractivity contribution >= 4 is 29.6 Å². The largest absolute Gasteiger partial charge is 0.356 e. The molecule has 7 nitrogen and oxygen atoms in total. The third-order valence-electron chi connectivity index (χ3n) is 6.37. The smallest absolute Gasteiger partial charge is 0.315 e. The van der Waals surface area contributed by atoms with Crippen LogP contribution in [0.25, 0.3) is 0 Å². The molecule has 0 saturated carbocycles. The molecule has 8 heteroatoms. The molecule has 2 aliphatic rings. The molecule has 4 atom stereocenters. The van der Waals surface area contributed by atoms with Crippen LogP contribution in [-0.2, 0) is 9.59 Å². The van der Waals surface area contributed by atoms with Gasteiger partial charge in [0.25, 0.3) is 0 Å². The predicted octanol–water partition coefficient (Wildman–Crippen LogP) is 3.43. The fraction of sp³-hybridized carbons (Fsp3) is 0.875. The fourth-order valence-electron chi connectivity index (χ4n) is 4.50. The van der Waals surface area contributed by atoms with Crippen LogP contribution in [0.2, 0.25) is 0 Å². The number of hydrogen-bond donors (Lipinski definition) is 4. The van der Waals surface area contributed by atoms with E-state index in [0.717, 1.165) is 44.3 Å². The van der Waals surface area contributed by atoms with Crippen molar-refractivity contribution in [3.63, 3.8) is 0 Å². The maximum atomic E-state index is 12.6. The van der Waals surface area contributed by atoms with Crippen LogP contribution < -0.4 is 21.3 Å². The van der Waals surface area contributed by atoms with Gasteiger partial charge in [0.15, 0.2) is 0 Å². The average molecular weight is 469 g/mol. The van der Waals surface area contributed by atoms with Crippen LogP contribution in [0.4, 0.5) is 4.79 Å². The molecule has 0 aromatic rings. The van der Waals surface area contributed by atoms with Crippen LogP contribution in [0.3, 0.4) is 0 Å². The molecule has 0 spiro atoms. The predicted molar refractivity (Wildman–Crippen MR) is 132 cm³/mol. The van der Waals surface area contributed by atoms with Crippen molar-refractivity contribution in [3.05, 3.63) is 0 Å². The third-order valence-corrected chi connectivity index (χ3v) is 7.88. The molecule has 0 aliphatic carbocycles. The Hall–Kier alpha value is -1.44. The van der Waals surface area contributed by atoms with E-state index >= 15 is 0 Å². The van der Waals surface area contributed by atoms with Crippen LogP contribution in [0.5, 0.6) is 0 Å². The first-order chi connectivity index (χ1) is 15.1. The molecule has 2 fully saturated rings. The highest BCUT2D eigenvalue weighted by Crippen LogP contribution is 2.33. The summed E-state index contributed by atoms with van der Waals surface area (Å²) in [5.74, 6) is 1.75. The molecule has 2 saturated heterocycles. The molecule has 0 aromatic carbocycles. The lowest BCUT2D eigenvalue weighted by Crippen LogP contribution is -2.39. The molecule has 2 heterocycles. The van der Waals surface area contributed by atoms with E-state index in [-0.39, 0.29) is 41.3 Å². The van der Waals surface area contributed by atoms with Gasteiger partial charge in [0, 0.05) is 36.4 Å². The number of unbranched alkanes of at least 4 members (excludes halogenated alkanes) is 2. The van der Waals surface area contributed by atoms with Gasteiger partial charge in [-0.3, -0.25) is 9.59 Å². The van der Waals surface area contributed by atoms with Crippen LogP contribution in [0.1, 0.15) is 79.6 Å². The number of amides is 4. The lowest BCUT2D eigenvalue weighted by atomic mass is 9.76. The van der Waals surface area contributed by atoms with Gasteiger partial charge in [-0.25, -0.2) is 4.79 Å². The van der Waals surface area contributed by atoms with Gasteiger partial charge in [0.2, 0.25) is 11.8 Å². The van der Waals surface area contributed by atoms with Crippen molar-refractivity contribution in [2.45, 2.75) is 96.9 Å². The van der Waals surface area contributed by atoms with Crippen LogP contribution in [0.15, 0.2) is 0 Å². The lowest BCUT2D eigenvalue weighted by Gasteiger charge is -2.31. The van der Waals surface area contributed by atoms with Gasteiger partial charge in [-0.15, -0.1) is 0 Å². The second-order valence-electron chi connectivity index (χ2n) is 10.8. The molecule has 2 rings (SSSR count). The Bertz CT molecular complexity index is 635. The van der Waals surface area contributed by atoms with Crippen LogP contribution in [-0.4, -0.2) is 54.0 Å². The Kier molecular flexibility index (Phi) is 10.6. The molecule has 184 valence electrons. The summed E-state index contributed by atoms with van der Waals surface area (Å²) in [6.45, 7) is 12.0. The number of carbonyl (C=O) groups excluding carboxylic acids is 3. The maximum Gasteiger partial charge on any atom is 0.315 e. The first kappa shape index (κ1) is 26.8. The van der Waals surface area contributed by atoms with Crippen molar-refractivity contribution < 1.29 is 14.4 Å². The Labute approximate surface area is 198 Å². The lowest BCUT2D eigenvalue weighted by molar-refractivity contribution is -0.129. The molecule has 0 unspecified atom stereocenters. The third kappa shape index (κ3) is 8.83. The Morgan fingerprint density at radius 2 is 1.75 bits per heavy atom. The minimum atomic E-state index is -0.0474. The molecule has 0 radical (unpaired) electrons. The first-order valence-electron chi connectivity index (χ1n) is 12.3. The van der Waals surface area contributed by atoms with Crippen LogP contribution >= 0.6 is 11.8 Å². The number of urea groups is 1. The maximum absolute atomic E-state index is 12.6. The zero-order valence-corrected chi connectivity index (χ0v) is 21.4. The van der Waals surface area contributed by atoms with E-state index in [1.165, 1.54) is 0 Å². The molecule has 0 aromatic heterocycles. The summed E-state index contributed by atoms with van der Waals surface area (Å²) in [5, 5.41) is 12.5. The van der Waals surface area contributed by atoms with Crippen molar-refractivity contribution in [1.82, 2.24) is 21.3 Å². The summed E-state index contributed by atoms with van der Waals surface area (Å²) >= 11 is 1.92. The summed E-state index contributed by atoms with van der Waals surface area (Å²) in [7, 11) is 0. The molecule has 0 bridgehead atoms. The van der Waals surface area contributed by atoms with E-state index < -0.39 is 0 Å². The van der Waals surface area contributed by atoms with E-state index in [1.54, 1.807) is 0 Å².